The Balaban J connectivity index is 2.30. The van der Waals surface area contributed by atoms with E-state index in [2.05, 4.69) is 34.7 Å². The number of aryl methyl sites for hydroxylation is 2. The second-order valence-corrected chi connectivity index (χ2v) is 5.43. The SMILES string of the molecule is CCOCCCn1c(C(C)Cl)nc2cc(C)ccc21. The van der Waals surface area contributed by atoms with Crippen LogP contribution < -0.4 is 0 Å². The summed E-state index contributed by atoms with van der Waals surface area (Å²) < 4.78 is 7.61. The highest BCUT2D eigenvalue weighted by atomic mass is 35.5. The smallest absolute Gasteiger partial charge is 0.127 e. The van der Waals surface area contributed by atoms with E-state index in [4.69, 9.17) is 16.3 Å². The summed E-state index contributed by atoms with van der Waals surface area (Å²) in [5.41, 5.74) is 3.41. The summed E-state index contributed by atoms with van der Waals surface area (Å²) in [7, 11) is 0. The van der Waals surface area contributed by atoms with Crippen LogP contribution in [-0.2, 0) is 11.3 Å². The molecule has 0 aliphatic heterocycles. The zero-order chi connectivity index (χ0) is 13.8. The third-order valence-electron chi connectivity index (χ3n) is 3.16. The number of benzene rings is 1. The number of imidazole rings is 1. The molecular weight excluding hydrogens is 260 g/mol. The van der Waals surface area contributed by atoms with Gasteiger partial charge in [-0.15, -0.1) is 11.6 Å². The Morgan fingerprint density at radius 1 is 1.42 bits per heavy atom. The van der Waals surface area contributed by atoms with E-state index in [1.165, 1.54) is 5.56 Å². The minimum absolute atomic E-state index is 0.0835. The predicted octanol–water partition coefficient (Wildman–Crippen LogP) is 4.07. The Bertz CT molecular complexity index is 548. The van der Waals surface area contributed by atoms with E-state index in [9.17, 15) is 0 Å². The lowest BCUT2D eigenvalue weighted by Gasteiger charge is -2.10. The Morgan fingerprint density at radius 3 is 2.89 bits per heavy atom. The zero-order valence-corrected chi connectivity index (χ0v) is 12.6. The van der Waals surface area contributed by atoms with Gasteiger partial charge in [0.15, 0.2) is 0 Å². The molecule has 2 aromatic rings. The second kappa shape index (κ2) is 6.40. The molecule has 0 fully saturated rings. The van der Waals surface area contributed by atoms with Crippen molar-refractivity contribution in [1.29, 1.82) is 0 Å². The number of rotatable bonds is 6. The maximum Gasteiger partial charge on any atom is 0.127 e. The Kier molecular flexibility index (Phi) is 4.83. The third kappa shape index (κ3) is 3.28. The molecule has 0 saturated carbocycles. The summed E-state index contributed by atoms with van der Waals surface area (Å²) in [6.07, 6.45) is 0.976. The van der Waals surface area contributed by atoms with E-state index in [-0.39, 0.29) is 5.38 Å². The first-order chi connectivity index (χ1) is 9.13. The lowest BCUT2D eigenvalue weighted by Crippen LogP contribution is -2.07. The topological polar surface area (TPSA) is 27.1 Å². The molecule has 1 unspecified atom stereocenters. The Hall–Kier alpha value is -1.06. The molecular formula is C15H21ClN2O. The van der Waals surface area contributed by atoms with Crippen LogP contribution in [0.5, 0.6) is 0 Å². The lowest BCUT2D eigenvalue weighted by molar-refractivity contribution is 0.141. The van der Waals surface area contributed by atoms with Gasteiger partial charge in [0, 0.05) is 19.8 Å². The molecule has 1 atom stereocenters. The van der Waals surface area contributed by atoms with Crippen LogP contribution in [0, 0.1) is 6.92 Å². The van der Waals surface area contributed by atoms with E-state index in [1.54, 1.807) is 0 Å². The van der Waals surface area contributed by atoms with Crippen molar-refractivity contribution in [3.63, 3.8) is 0 Å². The number of fused-ring (bicyclic) bond motifs is 1. The first kappa shape index (κ1) is 14.4. The van der Waals surface area contributed by atoms with Crippen LogP contribution in [0.1, 0.15) is 37.0 Å². The minimum atomic E-state index is -0.0835. The van der Waals surface area contributed by atoms with Crippen molar-refractivity contribution in [3.05, 3.63) is 29.6 Å². The number of nitrogens with zero attached hydrogens (tertiary/aromatic N) is 2. The van der Waals surface area contributed by atoms with Crippen molar-refractivity contribution >= 4 is 22.6 Å². The average Bonchev–Trinajstić information content (AvgIpc) is 2.72. The molecule has 0 aliphatic carbocycles. The lowest BCUT2D eigenvalue weighted by atomic mass is 10.2. The van der Waals surface area contributed by atoms with Crippen LogP contribution >= 0.6 is 11.6 Å². The van der Waals surface area contributed by atoms with Gasteiger partial charge in [0.25, 0.3) is 0 Å². The Morgan fingerprint density at radius 2 is 2.21 bits per heavy atom. The summed E-state index contributed by atoms with van der Waals surface area (Å²) in [5.74, 6) is 0.943. The van der Waals surface area contributed by atoms with Gasteiger partial charge in [-0.3, -0.25) is 0 Å². The molecule has 4 heteroatoms. The van der Waals surface area contributed by atoms with Crippen molar-refractivity contribution in [1.82, 2.24) is 9.55 Å². The quantitative estimate of drug-likeness (QED) is 0.589. The van der Waals surface area contributed by atoms with Crippen molar-refractivity contribution in [2.24, 2.45) is 0 Å². The van der Waals surface area contributed by atoms with E-state index in [1.807, 2.05) is 13.8 Å². The normalized spacial score (nSPS) is 13.1. The number of halogens is 1. The summed E-state index contributed by atoms with van der Waals surface area (Å²) in [6.45, 7) is 8.50. The van der Waals surface area contributed by atoms with Crippen LogP contribution in [0.4, 0.5) is 0 Å². The first-order valence-corrected chi connectivity index (χ1v) is 7.25. The molecule has 0 bridgehead atoms. The highest BCUT2D eigenvalue weighted by molar-refractivity contribution is 6.20. The van der Waals surface area contributed by atoms with Crippen LogP contribution in [0.3, 0.4) is 0 Å². The van der Waals surface area contributed by atoms with Gasteiger partial charge in [0.05, 0.1) is 16.4 Å². The molecule has 0 N–H and O–H groups in total. The third-order valence-corrected chi connectivity index (χ3v) is 3.36. The summed E-state index contributed by atoms with van der Waals surface area (Å²) in [6, 6.07) is 6.35. The van der Waals surface area contributed by atoms with Crippen molar-refractivity contribution in [2.75, 3.05) is 13.2 Å². The maximum atomic E-state index is 6.25. The molecule has 2 rings (SSSR count). The molecule has 0 aliphatic rings. The molecule has 1 aromatic carbocycles. The highest BCUT2D eigenvalue weighted by Gasteiger charge is 2.14. The van der Waals surface area contributed by atoms with Crippen LogP contribution in [0.25, 0.3) is 11.0 Å². The molecule has 0 saturated heterocycles. The molecule has 0 radical (unpaired) electrons. The molecule has 0 spiro atoms. The van der Waals surface area contributed by atoms with Crippen molar-refractivity contribution in [2.45, 2.75) is 39.1 Å². The first-order valence-electron chi connectivity index (χ1n) is 6.82. The number of ether oxygens (including phenoxy) is 1. The molecule has 3 nitrogen and oxygen atoms in total. The van der Waals surface area contributed by atoms with Gasteiger partial charge in [-0.25, -0.2) is 4.98 Å². The molecule has 1 heterocycles. The maximum absolute atomic E-state index is 6.25. The fourth-order valence-corrected chi connectivity index (χ4v) is 2.43. The second-order valence-electron chi connectivity index (χ2n) is 4.78. The fraction of sp³-hybridized carbons (Fsp3) is 0.533. The van der Waals surface area contributed by atoms with Gasteiger partial charge in [-0.2, -0.15) is 0 Å². The Labute approximate surface area is 119 Å². The average molecular weight is 281 g/mol. The predicted molar refractivity (Wildman–Crippen MR) is 79.8 cm³/mol. The number of hydrogen-bond donors (Lipinski definition) is 0. The van der Waals surface area contributed by atoms with Gasteiger partial charge in [0.1, 0.15) is 5.82 Å². The van der Waals surface area contributed by atoms with E-state index in [0.29, 0.717) is 0 Å². The van der Waals surface area contributed by atoms with Gasteiger partial charge in [0.2, 0.25) is 0 Å². The molecule has 1 aromatic heterocycles. The van der Waals surface area contributed by atoms with Crippen molar-refractivity contribution in [3.8, 4) is 0 Å². The van der Waals surface area contributed by atoms with Crippen molar-refractivity contribution < 1.29 is 4.74 Å². The standard InChI is InChI=1S/C15H21ClN2O/c1-4-19-9-5-8-18-14-7-6-11(2)10-13(14)17-15(18)12(3)16/h6-7,10,12H,4-5,8-9H2,1-3H3. The van der Waals surface area contributed by atoms with E-state index < -0.39 is 0 Å². The monoisotopic (exact) mass is 280 g/mol. The summed E-state index contributed by atoms with van der Waals surface area (Å²) in [4.78, 5) is 4.66. The van der Waals surface area contributed by atoms with Gasteiger partial charge < -0.3 is 9.30 Å². The van der Waals surface area contributed by atoms with Crippen LogP contribution in [-0.4, -0.2) is 22.8 Å². The fourth-order valence-electron chi connectivity index (χ4n) is 2.27. The zero-order valence-electron chi connectivity index (χ0n) is 11.8. The molecule has 104 valence electrons. The number of aromatic nitrogens is 2. The number of hydrogen-bond acceptors (Lipinski definition) is 2. The van der Waals surface area contributed by atoms with Gasteiger partial charge in [-0.05, 0) is 44.9 Å². The van der Waals surface area contributed by atoms with E-state index >= 15 is 0 Å². The van der Waals surface area contributed by atoms with Gasteiger partial charge >= 0.3 is 0 Å². The highest BCUT2D eigenvalue weighted by Crippen LogP contribution is 2.25. The number of alkyl halides is 1. The summed E-state index contributed by atoms with van der Waals surface area (Å²) in [5, 5.41) is -0.0835. The minimum Gasteiger partial charge on any atom is -0.382 e. The van der Waals surface area contributed by atoms with Crippen LogP contribution in [0.2, 0.25) is 0 Å². The summed E-state index contributed by atoms with van der Waals surface area (Å²) >= 11 is 6.25. The van der Waals surface area contributed by atoms with E-state index in [0.717, 1.165) is 43.0 Å². The molecule has 19 heavy (non-hydrogen) atoms. The van der Waals surface area contributed by atoms with Gasteiger partial charge in [-0.1, -0.05) is 6.07 Å². The van der Waals surface area contributed by atoms with Crippen LogP contribution in [0.15, 0.2) is 18.2 Å². The largest absolute Gasteiger partial charge is 0.382 e. The molecule has 0 amide bonds.